The van der Waals surface area contributed by atoms with Gasteiger partial charge in [-0.05, 0) is 60.7 Å². The summed E-state index contributed by atoms with van der Waals surface area (Å²) < 4.78 is 19.2. The highest BCUT2D eigenvalue weighted by molar-refractivity contribution is 5.91. The van der Waals surface area contributed by atoms with E-state index >= 15 is 0 Å². The van der Waals surface area contributed by atoms with E-state index in [0.717, 1.165) is 42.5 Å². The zero-order valence-corrected chi connectivity index (χ0v) is 16.2. The van der Waals surface area contributed by atoms with Crippen LogP contribution >= 0.6 is 0 Å². The lowest BCUT2D eigenvalue weighted by atomic mass is 10.1. The van der Waals surface area contributed by atoms with E-state index in [-0.39, 0.29) is 5.75 Å². The number of esters is 1. The molecule has 0 aliphatic heterocycles. The summed E-state index contributed by atoms with van der Waals surface area (Å²) in [7, 11) is 0. The standard InChI is InChI=1S/C24H24FNO2/c1-3-5-6-18-7-13-22(26-16-18)19-9-11-20(12-10-19)24(27)28-23-14-8-17(4-2)15-21(23)25/h7-16H,3-6H2,1-2H3. The highest BCUT2D eigenvalue weighted by Gasteiger charge is 2.13. The maximum absolute atomic E-state index is 14.0. The smallest absolute Gasteiger partial charge is 0.343 e. The van der Waals surface area contributed by atoms with Crippen molar-refractivity contribution in [3.8, 4) is 17.0 Å². The van der Waals surface area contributed by atoms with Crippen molar-refractivity contribution in [2.75, 3.05) is 0 Å². The zero-order chi connectivity index (χ0) is 19.9. The fraction of sp³-hybridized carbons (Fsp3) is 0.250. The zero-order valence-electron chi connectivity index (χ0n) is 16.2. The molecule has 0 radical (unpaired) electrons. The molecule has 3 nitrogen and oxygen atoms in total. The summed E-state index contributed by atoms with van der Waals surface area (Å²) in [5.41, 5.74) is 4.21. The summed E-state index contributed by atoms with van der Waals surface area (Å²) in [6.07, 6.45) is 5.96. The number of benzene rings is 2. The topological polar surface area (TPSA) is 39.2 Å². The van der Waals surface area contributed by atoms with Gasteiger partial charge in [0.25, 0.3) is 0 Å². The molecule has 0 saturated heterocycles. The lowest BCUT2D eigenvalue weighted by Gasteiger charge is -2.08. The van der Waals surface area contributed by atoms with Crippen molar-refractivity contribution < 1.29 is 13.9 Å². The lowest BCUT2D eigenvalue weighted by molar-refractivity contribution is 0.0728. The highest BCUT2D eigenvalue weighted by atomic mass is 19.1. The molecule has 2 aromatic carbocycles. The molecule has 4 heteroatoms. The fourth-order valence-corrected chi connectivity index (χ4v) is 2.91. The number of pyridine rings is 1. The molecular weight excluding hydrogens is 353 g/mol. The molecule has 0 saturated carbocycles. The molecular formula is C24H24FNO2. The SMILES string of the molecule is CCCCc1ccc(-c2ccc(C(=O)Oc3ccc(CC)cc3F)cc2)nc1. The van der Waals surface area contributed by atoms with Crippen molar-refractivity contribution in [2.45, 2.75) is 39.5 Å². The van der Waals surface area contributed by atoms with Crippen LogP contribution in [-0.2, 0) is 12.8 Å². The summed E-state index contributed by atoms with van der Waals surface area (Å²) in [5.74, 6) is -1.18. The van der Waals surface area contributed by atoms with Gasteiger partial charge in [0.1, 0.15) is 0 Å². The molecule has 0 N–H and O–H groups in total. The number of nitrogens with zero attached hydrogens (tertiary/aromatic N) is 1. The number of unbranched alkanes of at least 4 members (excludes halogenated alkanes) is 1. The highest BCUT2D eigenvalue weighted by Crippen LogP contribution is 2.22. The monoisotopic (exact) mass is 377 g/mol. The van der Waals surface area contributed by atoms with Crippen LogP contribution in [0, 0.1) is 5.82 Å². The van der Waals surface area contributed by atoms with Crippen LogP contribution in [0.5, 0.6) is 5.75 Å². The molecule has 0 aliphatic carbocycles. The van der Waals surface area contributed by atoms with Crippen LogP contribution in [-0.4, -0.2) is 11.0 Å². The van der Waals surface area contributed by atoms with Gasteiger partial charge in [0.15, 0.2) is 11.6 Å². The molecule has 28 heavy (non-hydrogen) atoms. The Labute approximate surface area is 165 Å². The van der Waals surface area contributed by atoms with Gasteiger partial charge in [0.2, 0.25) is 0 Å². The van der Waals surface area contributed by atoms with Gasteiger partial charge >= 0.3 is 5.97 Å². The number of hydrogen-bond acceptors (Lipinski definition) is 3. The number of halogens is 1. The first-order chi connectivity index (χ1) is 13.6. The van der Waals surface area contributed by atoms with Crippen molar-refractivity contribution in [1.29, 1.82) is 0 Å². The first kappa shape index (κ1) is 19.7. The van der Waals surface area contributed by atoms with Crippen molar-refractivity contribution in [3.05, 3.63) is 83.3 Å². The summed E-state index contributed by atoms with van der Waals surface area (Å²) in [6, 6.07) is 15.7. The van der Waals surface area contributed by atoms with Crippen molar-refractivity contribution in [2.24, 2.45) is 0 Å². The van der Waals surface area contributed by atoms with Crippen LogP contribution in [0.1, 0.15) is 48.2 Å². The first-order valence-electron chi connectivity index (χ1n) is 9.66. The Bertz CT molecular complexity index is 934. The predicted molar refractivity (Wildman–Crippen MR) is 109 cm³/mol. The number of carbonyl (C=O) groups excluding carboxylic acids is 1. The van der Waals surface area contributed by atoms with Crippen LogP contribution in [0.15, 0.2) is 60.8 Å². The van der Waals surface area contributed by atoms with Gasteiger partial charge in [-0.15, -0.1) is 0 Å². The molecule has 0 spiro atoms. The Hall–Kier alpha value is -3.01. The second-order valence-electron chi connectivity index (χ2n) is 6.74. The summed E-state index contributed by atoms with van der Waals surface area (Å²) in [5, 5.41) is 0. The number of aryl methyl sites for hydroxylation is 2. The maximum Gasteiger partial charge on any atom is 0.343 e. The van der Waals surface area contributed by atoms with Crippen LogP contribution in [0.25, 0.3) is 11.3 Å². The molecule has 1 heterocycles. The number of ether oxygens (including phenoxy) is 1. The van der Waals surface area contributed by atoms with E-state index in [1.54, 1.807) is 18.2 Å². The molecule has 0 aliphatic rings. The maximum atomic E-state index is 14.0. The normalized spacial score (nSPS) is 10.7. The van der Waals surface area contributed by atoms with E-state index < -0.39 is 11.8 Å². The minimum absolute atomic E-state index is 0.0596. The number of aromatic nitrogens is 1. The average molecular weight is 377 g/mol. The second-order valence-corrected chi connectivity index (χ2v) is 6.74. The largest absolute Gasteiger partial charge is 0.420 e. The molecule has 0 unspecified atom stereocenters. The molecule has 0 atom stereocenters. The van der Waals surface area contributed by atoms with Crippen molar-refractivity contribution in [1.82, 2.24) is 4.98 Å². The van der Waals surface area contributed by atoms with E-state index in [0.29, 0.717) is 5.56 Å². The third-order valence-corrected chi connectivity index (χ3v) is 4.67. The summed E-state index contributed by atoms with van der Waals surface area (Å²) in [4.78, 5) is 16.8. The van der Waals surface area contributed by atoms with Crippen LogP contribution in [0.3, 0.4) is 0 Å². The summed E-state index contributed by atoms with van der Waals surface area (Å²) in [6.45, 7) is 4.11. The van der Waals surface area contributed by atoms with Gasteiger partial charge in [0.05, 0.1) is 11.3 Å². The van der Waals surface area contributed by atoms with Gasteiger partial charge in [-0.3, -0.25) is 4.98 Å². The second kappa shape index (κ2) is 9.27. The Morgan fingerprint density at radius 1 is 1.00 bits per heavy atom. The van der Waals surface area contributed by atoms with E-state index in [1.807, 2.05) is 31.3 Å². The van der Waals surface area contributed by atoms with Crippen LogP contribution in [0.2, 0.25) is 0 Å². The molecule has 3 rings (SSSR count). The third kappa shape index (κ3) is 4.83. The molecule has 144 valence electrons. The molecule has 0 fully saturated rings. The molecule has 3 aromatic rings. The fourth-order valence-electron chi connectivity index (χ4n) is 2.91. The Morgan fingerprint density at radius 2 is 1.75 bits per heavy atom. The van der Waals surface area contributed by atoms with E-state index in [2.05, 4.69) is 18.0 Å². The first-order valence-corrected chi connectivity index (χ1v) is 9.66. The molecule has 1 aromatic heterocycles. The Kier molecular flexibility index (Phi) is 6.53. The quantitative estimate of drug-likeness (QED) is 0.374. The third-order valence-electron chi connectivity index (χ3n) is 4.67. The average Bonchev–Trinajstić information content (AvgIpc) is 2.74. The van der Waals surface area contributed by atoms with E-state index in [1.165, 1.54) is 17.7 Å². The minimum Gasteiger partial charge on any atom is -0.420 e. The van der Waals surface area contributed by atoms with Gasteiger partial charge in [-0.2, -0.15) is 0 Å². The van der Waals surface area contributed by atoms with Crippen LogP contribution < -0.4 is 4.74 Å². The summed E-state index contributed by atoms with van der Waals surface area (Å²) >= 11 is 0. The van der Waals surface area contributed by atoms with E-state index in [9.17, 15) is 9.18 Å². The van der Waals surface area contributed by atoms with E-state index in [4.69, 9.17) is 4.74 Å². The van der Waals surface area contributed by atoms with Gasteiger partial charge in [0, 0.05) is 11.8 Å². The lowest BCUT2D eigenvalue weighted by Crippen LogP contribution is -2.09. The van der Waals surface area contributed by atoms with Crippen molar-refractivity contribution in [3.63, 3.8) is 0 Å². The van der Waals surface area contributed by atoms with Gasteiger partial charge < -0.3 is 4.74 Å². The van der Waals surface area contributed by atoms with Gasteiger partial charge in [-0.1, -0.05) is 44.5 Å². The minimum atomic E-state index is -0.586. The Morgan fingerprint density at radius 3 is 2.36 bits per heavy atom. The molecule has 0 amide bonds. The van der Waals surface area contributed by atoms with Gasteiger partial charge in [-0.25, -0.2) is 9.18 Å². The van der Waals surface area contributed by atoms with Crippen LogP contribution in [0.4, 0.5) is 4.39 Å². The Balaban J connectivity index is 1.69. The molecule has 0 bridgehead atoms. The predicted octanol–water partition coefficient (Wildman–Crippen LogP) is 6.01. The number of carbonyl (C=O) groups is 1. The van der Waals surface area contributed by atoms with Crippen molar-refractivity contribution >= 4 is 5.97 Å². The number of rotatable bonds is 7. The number of hydrogen-bond donors (Lipinski definition) is 0.